The fourth-order valence-electron chi connectivity index (χ4n) is 3.16. The third-order valence-corrected chi connectivity index (χ3v) is 4.33. The Bertz CT molecular complexity index is 785. The van der Waals surface area contributed by atoms with Crippen molar-refractivity contribution in [3.8, 4) is 17.2 Å². The van der Waals surface area contributed by atoms with Gasteiger partial charge in [-0.3, -0.25) is 4.79 Å². The average Bonchev–Trinajstić information content (AvgIpc) is 2.60. The van der Waals surface area contributed by atoms with E-state index in [2.05, 4.69) is 5.32 Å². The smallest absolute Gasteiger partial charge is 0.255 e. The van der Waals surface area contributed by atoms with Gasteiger partial charge in [0.1, 0.15) is 22.8 Å². The zero-order valence-electron chi connectivity index (χ0n) is 15.0. The number of fused-ring (bicyclic) bond motifs is 1. The number of amides is 1. The second-order valence-electron chi connectivity index (χ2n) is 6.70. The van der Waals surface area contributed by atoms with E-state index in [1.807, 2.05) is 44.2 Å². The van der Waals surface area contributed by atoms with Crippen molar-refractivity contribution in [3.63, 3.8) is 0 Å². The highest BCUT2D eigenvalue weighted by Crippen LogP contribution is 2.41. The highest BCUT2D eigenvalue weighted by Gasteiger charge is 2.35. The van der Waals surface area contributed by atoms with E-state index >= 15 is 0 Å². The normalized spacial score (nSPS) is 17.8. The van der Waals surface area contributed by atoms with Gasteiger partial charge in [0, 0.05) is 12.0 Å². The summed E-state index contributed by atoms with van der Waals surface area (Å²) < 4.78 is 16.7. The SMILES string of the molecule is COc1ccc2c(c1)C(NC(=O)c1ccccc1OC)CC(C)(C)O2. The minimum absolute atomic E-state index is 0.172. The van der Waals surface area contributed by atoms with Gasteiger partial charge in [-0.1, -0.05) is 12.1 Å². The number of methoxy groups -OCH3 is 2. The molecule has 0 fully saturated rings. The Morgan fingerprint density at radius 2 is 1.92 bits per heavy atom. The zero-order valence-corrected chi connectivity index (χ0v) is 15.0. The third-order valence-electron chi connectivity index (χ3n) is 4.33. The predicted molar refractivity (Wildman–Crippen MR) is 95.5 cm³/mol. The first-order valence-electron chi connectivity index (χ1n) is 8.24. The van der Waals surface area contributed by atoms with Crippen molar-refractivity contribution in [2.24, 2.45) is 0 Å². The molecule has 0 bridgehead atoms. The lowest BCUT2D eigenvalue weighted by atomic mass is 9.89. The van der Waals surface area contributed by atoms with E-state index in [9.17, 15) is 4.79 Å². The number of para-hydroxylation sites is 1. The number of hydrogen-bond donors (Lipinski definition) is 1. The topological polar surface area (TPSA) is 56.8 Å². The van der Waals surface area contributed by atoms with Crippen LogP contribution in [0, 0.1) is 0 Å². The van der Waals surface area contributed by atoms with Crippen LogP contribution in [-0.2, 0) is 0 Å². The highest BCUT2D eigenvalue weighted by molar-refractivity contribution is 5.97. The number of nitrogens with one attached hydrogen (secondary N) is 1. The molecule has 1 aliphatic rings. The summed E-state index contributed by atoms with van der Waals surface area (Å²) in [5.74, 6) is 1.88. The van der Waals surface area contributed by atoms with Gasteiger partial charge >= 0.3 is 0 Å². The number of carbonyl (C=O) groups is 1. The van der Waals surface area contributed by atoms with Crippen molar-refractivity contribution in [1.82, 2.24) is 5.32 Å². The van der Waals surface area contributed by atoms with Gasteiger partial charge < -0.3 is 19.5 Å². The van der Waals surface area contributed by atoms with Crippen molar-refractivity contribution in [3.05, 3.63) is 53.6 Å². The van der Waals surface area contributed by atoms with Crippen molar-refractivity contribution < 1.29 is 19.0 Å². The Balaban J connectivity index is 1.93. The molecular weight excluding hydrogens is 318 g/mol. The van der Waals surface area contributed by atoms with Gasteiger partial charge in [0.15, 0.2) is 0 Å². The highest BCUT2D eigenvalue weighted by atomic mass is 16.5. The van der Waals surface area contributed by atoms with Crippen molar-refractivity contribution >= 4 is 5.91 Å². The quantitative estimate of drug-likeness (QED) is 0.920. The van der Waals surface area contributed by atoms with Crippen LogP contribution in [0.5, 0.6) is 17.2 Å². The Labute approximate surface area is 147 Å². The summed E-state index contributed by atoms with van der Waals surface area (Å²) >= 11 is 0. The lowest BCUT2D eigenvalue weighted by Crippen LogP contribution is -2.41. The molecule has 2 aromatic carbocycles. The van der Waals surface area contributed by atoms with Gasteiger partial charge in [-0.25, -0.2) is 0 Å². The third kappa shape index (κ3) is 3.55. The van der Waals surface area contributed by atoms with E-state index < -0.39 is 0 Å². The van der Waals surface area contributed by atoms with E-state index in [1.54, 1.807) is 26.4 Å². The number of rotatable bonds is 4. The Kier molecular flexibility index (Phi) is 4.57. The van der Waals surface area contributed by atoms with Crippen LogP contribution in [0.1, 0.15) is 42.2 Å². The molecule has 5 heteroatoms. The first kappa shape index (κ1) is 17.1. The first-order chi connectivity index (χ1) is 11.9. The van der Waals surface area contributed by atoms with Crippen LogP contribution >= 0.6 is 0 Å². The number of carbonyl (C=O) groups excluding carboxylic acids is 1. The summed E-state index contributed by atoms with van der Waals surface area (Å²) in [7, 11) is 3.18. The minimum Gasteiger partial charge on any atom is -0.497 e. The van der Waals surface area contributed by atoms with Gasteiger partial charge in [-0.05, 0) is 44.2 Å². The molecule has 1 atom stereocenters. The summed E-state index contributed by atoms with van der Waals surface area (Å²) in [6.45, 7) is 4.03. The Morgan fingerprint density at radius 1 is 1.16 bits per heavy atom. The summed E-state index contributed by atoms with van der Waals surface area (Å²) in [5.41, 5.74) is 1.06. The maximum Gasteiger partial charge on any atom is 0.255 e. The maximum atomic E-state index is 12.8. The average molecular weight is 341 g/mol. The predicted octanol–water partition coefficient (Wildman–Crippen LogP) is 3.74. The number of benzene rings is 2. The second-order valence-corrected chi connectivity index (χ2v) is 6.70. The molecule has 1 heterocycles. The molecule has 25 heavy (non-hydrogen) atoms. The summed E-state index contributed by atoms with van der Waals surface area (Å²) in [6.07, 6.45) is 0.661. The van der Waals surface area contributed by atoms with Crippen LogP contribution in [0.25, 0.3) is 0 Å². The fraction of sp³-hybridized carbons (Fsp3) is 0.350. The molecule has 3 rings (SSSR count). The molecule has 2 aromatic rings. The lowest BCUT2D eigenvalue weighted by molar-refractivity contribution is 0.0617. The van der Waals surface area contributed by atoms with Crippen molar-refractivity contribution in [2.45, 2.75) is 31.9 Å². The van der Waals surface area contributed by atoms with Gasteiger partial charge in [0.05, 0.1) is 25.8 Å². The Morgan fingerprint density at radius 3 is 2.64 bits per heavy atom. The molecule has 0 spiro atoms. The van der Waals surface area contributed by atoms with Crippen molar-refractivity contribution in [2.75, 3.05) is 14.2 Å². The van der Waals surface area contributed by atoms with E-state index in [1.165, 1.54) is 0 Å². The lowest BCUT2D eigenvalue weighted by Gasteiger charge is -2.38. The molecule has 5 nitrogen and oxygen atoms in total. The van der Waals surface area contributed by atoms with Gasteiger partial charge in [-0.15, -0.1) is 0 Å². The van der Waals surface area contributed by atoms with Crippen LogP contribution in [-0.4, -0.2) is 25.7 Å². The van der Waals surface area contributed by atoms with E-state index in [4.69, 9.17) is 14.2 Å². The summed E-state index contributed by atoms with van der Waals surface area (Å²) in [5, 5.41) is 3.12. The van der Waals surface area contributed by atoms with Gasteiger partial charge in [0.2, 0.25) is 0 Å². The van der Waals surface area contributed by atoms with Crippen molar-refractivity contribution in [1.29, 1.82) is 0 Å². The van der Waals surface area contributed by atoms with E-state index in [0.29, 0.717) is 17.7 Å². The standard InChI is InChI=1S/C20H23NO4/c1-20(2)12-16(15-11-13(23-3)9-10-18(15)25-20)21-19(22)14-7-5-6-8-17(14)24-4/h5-11,16H,12H2,1-4H3,(H,21,22). The van der Waals surface area contributed by atoms with Gasteiger partial charge in [0.25, 0.3) is 5.91 Å². The molecule has 0 aliphatic carbocycles. The van der Waals surface area contributed by atoms with Crippen LogP contribution in [0.2, 0.25) is 0 Å². The molecule has 0 aromatic heterocycles. The number of ether oxygens (including phenoxy) is 3. The van der Waals surface area contributed by atoms with E-state index in [0.717, 1.165) is 17.1 Å². The van der Waals surface area contributed by atoms with E-state index in [-0.39, 0.29) is 17.6 Å². The largest absolute Gasteiger partial charge is 0.497 e. The van der Waals surface area contributed by atoms with Gasteiger partial charge in [-0.2, -0.15) is 0 Å². The molecule has 1 amide bonds. The van der Waals surface area contributed by atoms with Crippen LogP contribution in [0.4, 0.5) is 0 Å². The monoisotopic (exact) mass is 341 g/mol. The van der Waals surface area contributed by atoms with Crippen LogP contribution in [0.15, 0.2) is 42.5 Å². The minimum atomic E-state index is -0.375. The molecule has 0 radical (unpaired) electrons. The summed E-state index contributed by atoms with van der Waals surface area (Å²) in [4.78, 5) is 12.8. The second kappa shape index (κ2) is 6.67. The molecule has 0 saturated carbocycles. The first-order valence-corrected chi connectivity index (χ1v) is 8.24. The number of hydrogen-bond acceptors (Lipinski definition) is 4. The molecule has 1 unspecified atom stereocenters. The van der Waals surface area contributed by atoms with Crippen LogP contribution in [0.3, 0.4) is 0 Å². The molecule has 1 N–H and O–H groups in total. The molecule has 1 aliphatic heterocycles. The Hall–Kier alpha value is -2.69. The zero-order chi connectivity index (χ0) is 18.0. The maximum absolute atomic E-state index is 12.8. The molecular formula is C20H23NO4. The summed E-state index contributed by atoms with van der Waals surface area (Å²) in [6, 6.07) is 12.7. The molecule has 132 valence electrons. The fourth-order valence-corrected chi connectivity index (χ4v) is 3.16. The molecule has 0 saturated heterocycles. The van der Waals surface area contributed by atoms with Crippen LogP contribution < -0.4 is 19.5 Å².